The van der Waals surface area contributed by atoms with Gasteiger partial charge in [-0.05, 0) is 18.2 Å². The second-order valence-corrected chi connectivity index (χ2v) is 5.34. The smallest absolute Gasteiger partial charge is 0.744 e. The van der Waals surface area contributed by atoms with E-state index in [1.54, 1.807) is 0 Å². The third-order valence-electron chi connectivity index (χ3n) is 1.54. The van der Waals surface area contributed by atoms with Gasteiger partial charge < -0.3 is 14.8 Å². The summed E-state index contributed by atoms with van der Waals surface area (Å²) in [6.07, 6.45) is 0. The molecule has 0 unspecified atom stereocenters. The Bertz CT molecular complexity index is 597. The molecule has 7 nitrogen and oxygen atoms in total. The Labute approximate surface area is 143 Å². The molecule has 0 spiro atoms. The van der Waals surface area contributed by atoms with Gasteiger partial charge in [0.05, 0.1) is 9.79 Å². The molecule has 1 aromatic carbocycles. The Morgan fingerprint density at radius 1 is 0.941 bits per heavy atom. The molecule has 0 aliphatic carbocycles. The van der Waals surface area contributed by atoms with Crippen LogP contribution in [-0.4, -0.2) is 25.9 Å². The van der Waals surface area contributed by atoms with Crippen LogP contribution < -0.4 is 64.8 Å². The molecule has 84 valence electrons. The topological polar surface area (TPSA) is 140 Å². The fourth-order valence-electron chi connectivity index (χ4n) is 0.887. The number of rotatable bonds is 2. The van der Waals surface area contributed by atoms with Gasteiger partial charge in [-0.3, -0.25) is 0 Å². The first-order valence-corrected chi connectivity index (χ1v) is 6.25. The molecule has 0 aliphatic heterocycles. The van der Waals surface area contributed by atoms with Crippen molar-refractivity contribution in [2.24, 2.45) is 0 Å². The van der Waals surface area contributed by atoms with Crippen LogP contribution >= 0.6 is 0 Å². The second-order valence-electron chi connectivity index (χ2n) is 2.61. The number of hydrogen-bond donors (Lipinski definition) is 1. The van der Waals surface area contributed by atoms with Crippen molar-refractivity contribution < 1.29 is 85.1 Å². The SMILES string of the molecule is Nc1ccc(S(=O)(=O)[O-])cc1S(=O)(=O)[O-].[Na+].[Na+]. The first-order valence-electron chi connectivity index (χ1n) is 3.43. The summed E-state index contributed by atoms with van der Waals surface area (Å²) in [4.78, 5) is -1.73. The van der Waals surface area contributed by atoms with Gasteiger partial charge in [-0.15, -0.1) is 0 Å². The summed E-state index contributed by atoms with van der Waals surface area (Å²) in [5.74, 6) is 0. The molecular weight excluding hydrogens is 292 g/mol. The number of nitrogens with two attached hydrogens (primary N) is 1. The van der Waals surface area contributed by atoms with Crippen LogP contribution in [-0.2, 0) is 20.2 Å². The monoisotopic (exact) mass is 297 g/mol. The van der Waals surface area contributed by atoms with Crippen molar-refractivity contribution in [2.45, 2.75) is 9.79 Å². The summed E-state index contributed by atoms with van der Waals surface area (Å²) in [5, 5.41) is 0. The van der Waals surface area contributed by atoms with E-state index in [1.807, 2.05) is 0 Å². The molecule has 17 heavy (non-hydrogen) atoms. The zero-order valence-electron chi connectivity index (χ0n) is 9.08. The molecule has 0 amide bonds. The minimum Gasteiger partial charge on any atom is -0.744 e. The summed E-state index contributed by atoms with van der Waals surface area (Å²) in [6.45, 7) is 0. The van der Waals surface area contributed by atoms with Crippen LogP contribution in [0.4, 0.5) is 5.69 Å². The molecule has 1 rings (SSSR count). The van der Waals surface area contributed by atoms with E-state index in [4.69, 9.17) is 5.73 Å². The van der Waals surface area contributed by atoms with E-state index in [-0.39, 0.29) is 59.1 Å². The molecule has 1 aromatic rings. The first kappa shape index (κ1) is 20.2. The van der Waals surface area contributed by atoms with Crippen molar-refractivity contribution in [2.75, 3.05) is 5.73 Å². The first-order chi connectivity index (χ1) is 6.62. The van der Waals surface area contributed by atoms with Gasteiger partial charge in [0, 0.05) is 5.69 Å². The van der Waals surface area contributed by atoms with Crippen molar-refractivity contribution in [3.8, 4) is 0 Å². The average molecular weight is 297 g/mol. The van der Waals surface area contributed by atoms with Crippen LogP contribution in [0.15, 0.2) is 28.0 Å². The van der Waals surface area contributed by atoms with Crippen molar-refractivity contribution in [3.05, 3.63) is 18.2 Å². The molecular formula is C6H5NNa2O6S2. The van der Waals surface area contributed by atoms with Gasteiger partial charge in [-0.1, -0.05) is 0 Å². The summed E-state index contributed by atoms with van der Waals surface area (Å²) < 4.78 is 63.4. The van der Waals surface area contributed by atoms with Crippen LogP contribution in [0.1, 0.15) is 0 Å². The summed E-state index contributed by atoms with van der Waals surface area (Å²) >= 11 is 0. The predicted octanol–water partition coefficient (Wildman–Crippen LogP) is -6.92. The van der Waals surface area contributed by atoms with Crippen LogP contribution in [0, 0.1) is 0 Å². The molecule has 0 aliphatic rings. The third kappa shape index (κ3) is 5.55. The van der Waals surface area contributed by atoms with Gasteiger partial charge in [0.25, 0.3) is 0 Å². The van der Waals surface area contributed by atoms with E-state index >= 15 is 0 Å². The molecule has 0 heterocycles. The van der Waals surface area contributed by atoms with Crippen molar-refractivity contribution in [1.29, 1.82) is 0 Å². The predicted molar refractivity (Wildman–Crippen MR) is 46.8 cm³/mol. The van der Waals surface area contributed by atoms with Crippen LogP contribution in [0.25, 0.3) is 0 Å². The molecule has 0 atom stereocenters. The van der Waals surface area contributed by atoms with Gasteiger partial charge in [-0.25, -0.2) is 16.8 Å². The maximum atomic E-state index is 10.6. The standard InChI is InChI=1S/C6H7NO6S2.2Na/c7-5-2-1-4(14(8,9)10)3-6(5)15(11,12)13;;/h1-3H,7H2,(H,8,9,10)(H,11,12,13);;/q;2*+1/p-2. The van der Waals surface area contributed by atoms with E-state index in [2.05, 4.69) is 0 Å². The molecule has 0 saturated carbocycles. The quantitative estimate of drug-likeness (QED) is 0.325. The van der Waals surface area contributed by atoms with E-state index in [0.717, 1.165) is 12.1 Å². The molecule has 11 heteroatoms. The van der Waals surface area contributed by atoms with Crippen LogP contribution in [0.5, 0.6) is 0 Å². The number of hydrogen-bond acceptors (Lipinski definition) is 7. The third-order valence-corrected chi connectivity index (χ3v) is 3.27. The Hall–Kier alpha value is 0.840. The van der Waals surface area contributed by atoms with Crippen LogP contribution in [0.2, 0.25) is 0 Å². The van der Waals surface area contributed by atoms with E-state index in [0.29, 0.717) is 6.07 Å². The second kappa shape index (κ2) is 6.85. The number of nitrogen functional groups attached to an aromatic ring is 1. The normalized spacial score (nSPS) is 11.2. The maximum absolute atomic E-state index is 10.6. The maximum Gasteiger partial charge on any atom is 1.00 e. The zero-order valence-corrected chi connectivity index (χ0v) is 14.7. The molecule has 2 N–H and O–H groups in total. The summed E-state index contributed by atoms with van der Waals surface area (Å²) in [6, 6.07) is 2.14. The van der Waals surface area contributed by atoms with E-state index < -0.39 is 35.7 Å². The Morgan fingerprint density at radius 2 is 1.41 bits per heavy atom. The Morgan fingerprint density at radius 3 is 1.76 bits per heavy atom. The van der Waals surface area contributed by atoms with Crippen molar-refractivity contribution >= 4 is 25.9 Å². The zero-order chi connectivity index (χ0) is 11.9. The van der Waals surface area contributed by atoms with Gasteiger partial charge in [0.2, 0.25) is 0 Å². The molecule has 0 aromatic heterocycles. The van der Waals surface area contributed by atoms with Crippen molar-refractivity contribution in [1.82, 2.24) is 0 Å². The van der Waals surface area contributed by atoms with Gasteiger partial charge in [-0.2, -0.15) is 0 Å². The Kier molecular flexibility index (Phi) is 8.12. The van der Waals surface area contributed by atoms with Crippen LogP contribution in [0.3, 0.4) is 0 Å². The minimum absolute atomic E-state index is 0. The van der Waals surface area contributed by atoms with Crippen molar-refractivity contribution in [3.63, 3.8) is 0 Å². The average Bonchev–Trinajstić information content (AvgIpc) is 2.00. The minimum atomic E-state index is -4.89. The van der Waals surface area contributed by atoms with E-state index in [9.17, 15) is 25.9 Å². The van der Waals surface area contributed by atoms with Gasteiger partial charge in [0.1, 0.15) is 20.2 Å². The van der Waals surface area contributed by atoms with Gasteiger partial charge >= 0.3 is 59.1 Å². The number of benzene rings is 1. The molecule has 0 saturated heterocycles. The van der Waals surface area contributed by atoms with Gasteiger partial charge in [0.15, 0.2) is 0 Å². The molecule has 0 fully saturated rings. The fourth-order valence-corrected chi connectivity index (χ4v) is 2.09. The van der Waals surface area contributed by atoms with E-state index in [1.165, 1.54) is 0 Å². The Balaban J connectivity index is 0. The summed E-state index contributed by atoms with van der Waals surface area (Å²) in [7, 11) is -9.71. The summed E-state index contributed by atoms with van der Waals surface area (Å²) in [5.41, 5.74) is 4.74. The fraction of sp³-hybridized carbons (Fsp3) is 0. The molecule has 0 radical (unpaired) electrons. The largest absolute Gasteiger partial charge is 1.00 e. The number of anilines is 1. The molecule has 0 bridgehead atoms.